The van der Waals surface area contributed by atoms with E-state index >= 15 is 0 Å². The number of para-hydroxylation sites is 1. The summed E-state index contributed by atoms with van der Waals surface area (Å²) in [5.74, 6) is 0.861. The van der Waals surface area contributed by atoms with Crippen molar-refractivity contribution < 1.29 is 14.3 Å². The molecule has 1 N–H and O–H groups in total. The number of carbonyl (C=O) groups is 1. The molecule has 2 aliphatic rings. The lowest BCUT2D eigenvalue weighted by atomic mass is 9.72. The van der Waals surface area contributed by atoms with Gasteiger partial charge in [0.05, 0.1) is 24.1 Å². The number of thiophene rings is 1. The van der Waals surface area contributed by atoms with Crippen LogP contribution < -0.4 is 10.1 Å². The van der Waals surface area contributed by atoms with Crippen LogP contribution in [0.4, 0.5) is 0 Å². The molecule has 1 saturated heterocycles. The number of rotatable bonds is 7. The first-order chi connectivity index (χ1) is 17.2. The maximum Gasteiger partial charge on any atom is 0.261 e. The van der Waals surface area contributed by atoms with E-state index < -0.39 is 0 Å². The molecule has 0 radical (unpaired) electrons. The first-order valence-electron chi connectivity index (χ1n) is 12.1. The van der Waals surface area contributed by atoms with Gasteiger partial charge in [-0.3, -0.25) is 9.69 Å². The highest BCUT2D eigenvalue weighted by Crippen LogP contribution is 2.52. The molecule has 5 rings (SSSR count). The summed E-state index contributed by atoms with van der Waals surface area (Å²) >= 11 is 1.47. The van der Waals surface area contributed by atoms with Crippen molar-refractivity contribution >= 4 is 23.3 Å². The molecule has 1 aromatic heterocycles. The third kappa shape index (κ3) is 4.54. The molecule has 1 fully saturated rings. The molecule has 182 valence electrons. The Labute approximate surface area is 211 Å². The van der Waals surface area contributed by atoms with Crippen molar-refractivity contribution in [2.75, 3.05) is 33.9 Å². The van der Waals surface area contributed by atoms with E-state index in [4.69, 9.17) is 9.47 Å². The summed E-state index contributed by atoms with van der Waals surface area (Å²) in [6.07, 6.45) is 6.26. The van der Waals surface area contributed by atoms with Crippen molar-refractivity contribution in [3.05, 3.63) is 93.7 Å². The fourth-order valence-corrected chi connectivity index (χ4v) is 6.44. The number of fused-ring (bicyclic) bond motifs is 2. The Kier molecular flexibility index (Phi) is 7.04. The monoisotopic (exact) mass is 488 g/mol. The summed E-state index contributed by atoms with van der Waals surface area (Å²) in [7, 11) is 3.49. The molecule has 6 heteroatoms. The van der Waals surface area contributed by atoms with Gasteiger partial charge >= 0.3 is 0 Å². The zero-order chi connectivity index (χ0) is 24.3. The smallest absolute Gasteiger partial charge is 0.261 e. The number of likely N-dealkylation sites (tertiary alicyclic amines) is 1. The van der Waals surface area contributed by atoms with Crippen molar-refractivity contribution in [2.24, 2.45) is 0 Å². The van der Waals surface area contributed by atoms with Gasteiger partial charge in [-0.25, -0.2) is 0 Å². The molecule has 2 aromatic carbocycles. The van der Waals surface area contributed by atoms with Crippen LogP contribution in [0.2, 0.25) is 0 Å². The predicted octanol–water partition coefficient (Wildman–Crippen LogP) is 5.30. The number of nitrogens with one attached hydrogen (secondary N) is 1. The molecule has 1 aliphatic carbocycles. The second-order valence-corrected chi connectivity index (χ2v) is 10.2. The fraction of sp³-hybridized carbons (Fsp3) is 0.345. The number of hydrogen-bond donors (Lipinski definition) is 1. The maximum atomic E-state index is 13.0. The first-order valence-corrected chi connectivity index (χ1v) is 13.0. The van der Waals surface area contributed by atoms with Crippen LogP contribution in [0.1, 0.15) is 45.2 Å². The summed E-state index contributed by atoms with van der Waals surface area (Å²) < 4.78 is 11.6. The van der Waals surface area contributed by atoms with Gasteiger partial charge in [0.15, 0.2) is 0 Å². The van der Waals surface area contributed by atoms with Gasteiger partial charge in [0, 0.05) is 24.6 Å². The summed E-state index contributed by atoms with van der Waals surface area (Å²) in [5.41, 5.74) is 3.51. The molecule has 0 saturated carbocycles. The summed E-state index contributed by atoms with van der Waals surface area (Å²) in [4.78, 5) is 16.2. The van der Waals surface area contributed by atoms with Gasteiger partial charge in [-0.15, -0.1) is 11.3 Å². The van der Waals surface area contributed by atoms with Gasteiger partial charge in [0.25, 0.3) is 5.91 Å². The number of nitrogens with zero attached hydrogens (tertiary/aromatic N) is 1. The molecule has 0 unspecified atom stereocenters. The predicted molar refractivity (Wildman–Crippen MR) is 141 cm³/mol. The number of methoxy groups -OCH3 is 2. The lowest BCUT2D eigenvalue weighted by molar-refractivity contribution is -0.00971. The normalized spacial score (nSPS) is 21.3. The standard InChI is InChI=1S/C29H32N2O3S/c1-33-24-13-6-3-9-21(24)10-7-17-31-18-15-29(16-19-31)23-12-5-4-11-22(23)26(27(29)34-2)30-28(32)25-14-8-20-35-25/h3-14,20,26-27H,15-19H2,1-2H3,(H,30,32)/t26-,27+/m1/s1. The van der Waals surface area contributed by atoms with Crippen LogP contribution in [-0.2, 0) is 10.2 Å². The Hall–Kier alpha value is -2.93. The first kappa shape index (κ1) is 23.8. The van der Waals surface area contributed by atoms with Gasteiger partial charge in [-0.05, 0) is 54.6 Å². The van der Waals surface area contributed by atoms with Crippen LogP contribution in [-0.4, -0.2) is 50.8 Å². The SMILES string of the molecule is COc1ccccc1C=CCN1CCC2(CC1)c1ccccc1[C@@H](NC(=O)c1cccs1)[C@@H]2OC. The van der Waals surface area contributed by atoms with Crippen LogP contribution in [0.25, 0.3) is 6.08 Å². The minimum Gasteiger partial charge on any atom is -0.496 e. The number of amides is 1. The average Bonchev–Trinajstić information content (AvgIpc) is 3.52. The van der Waals surface area contributed by atoms with E-state index in [1.54, 1.807) is 14.2 Å². The molecular formula is C29H32N2O3S. The third-order valence-electron chi connectivity index (χ3n) is 7.51. The maximum absolute atomic E-state index is 13.0. The van der Waals surface area contributed by atoms with Crippen LogP contribution in [0, 0.1) is 0 Å². The number of benzene rings is 2. The van der Waals surface area contributed by atoms with Gasteiger partial charge < -0.3 is 14.8 Å². The van der Waals surface area contributed by atoms with Crippen molar-refractivity contribution in [1.29, 1.82) is 0 Å². The topological polar surface area (TPSA) is 50.8 Å². The number of ether oxygens (including phenoxy) is 2. The highest BCUT2D eigenvalue weighted by molar-refractivity contribution is 7.12. The van der Waals surface area contributed by atoms with Crippen LogP contribution in [0.5, 0.6) is 5.75 Å². The fourth-order valence-electron chi connectivity index (χ4n) is 5.81. The van der Waals surface area contributed by atoms with Crippen molar-refractivity contribution in [2.45, 2.75) is 30.4 Å². The molecule has 1 aliphatic heterocycles. The van der Waals surface area contributed by atoms with E-state index in [2.05, 4.69) is 52.7 Å². The number of piperidine rings is 1. The summed E-state index contributed by atoms with van der Waals surface area (Å²) in [6.45, 7) is 2.86. The molecule has 5 nitrogen and oxygen atoms in total. The van der Waals surface area contributed by atoms with Crippen LogP contribution >= 0.6 is 11.3 Å². The summed E-state index contributed by atoms with van der Waals surface area (Å²) in [5, 5.41) is 5.23. The second-order valence-electron chi connectivity index (χ2n) is 9.27. The molecule has 0 bridgehead atoms. The molecule has 1 spiro atoms. The van der Waals surface area contributed by atoms with Crippen LogP contribution in [0.3, 0.4) is 0 Å². The quantitative estimate of drug-likeness (QED) is 0.490. The lowest BCUT2D eigenvalue weighted by Gasteiger charge is -2.44. The second kappa shape index (κ2) is 10.4. The Bertz CT molecular complexity index is 1180. The molecule has 2 heterocycles. The minimum atomic E-state index is -0.150. The van der Waals surface area contributed by atoms with E-state index in [0.29, 0.717) is 0 Å². The molecule has 3 aromatic rings. The van der Waals surface area contributed by atoms with Gasteiger partial charge in [0.2, 0.25) is 0 Å². The van der Waals surface area contributed by atoms with Gasteiger partial charge in [-0.1, -0.05) is 60.7 Å². The molecule has 1 amide bonds. The number of carbonyl (C=O) groups excluding carboxylic acids is 1. The zero-order valence-electron chi connectivity index (χ0n) is 20.3. The summed E-state index contributed by atoms with van der Waals surface area (Å²) in [6, 6.07) is 20.3. The van der Waals surface area contributed by atoms with Gasteiger partial charge in [0.1, 0.15) is 5.75 Å². The number of hydrogen-bond acceptors (Lipinski definition) is 5. The Morgan fingerprint density at radius 2 is 1.86 bits per heavy atom. The van der Waals surface area contributed by atoms with Gasteiger partial charge in [-0.2, -0.15) is 0 Å². The third-order valence-corrected chi connectivity index (χ3v) is 8.38. The minimum absolute atomic E-state index is 0.0298. The zero-order valence-corrected chi connectivity index (χ0v) is 21.1. The van der Waals surface area contributed by atoms with Crippen molar-refractivity contribution in [1.82, 2.24) is 10.2 Å². The van der Waals surface area contributed by atoms with E-state index in [-0.39, 0.29) is 23.5 Å². The van der Waals surface area contributed by atoms with Crippen molar-refractivity contribution in [3.63, 3.8) is 0 Å². The molecule has 2 atom stereocenters. The lowest BCUT2D eigenvalue weighted by Crippen LogP contribution is -2.50. The average molecular weight is 489 g/mol. The van der Waals surface area contributed by atoms with E-state index in [0.717, 1.165) is 48.7 Å². The van der Waals surface area contributed by atoms with Crippen LogP contribution in [0.15, 0.2) is 72.1 Å². The Balaban J connectivity index is 1.31. The van der Waals surface area contributed by atoms with E-state index in [1.165, 1.54) is 22.5 Å². The van der Waals surface area contributed by atoms with Crippen molar-refractivity contribution in [3.8, 4) is 5.75 Å². The molecular weight excluding hydrogens is 456 g/mol. The highest BCUT2D eigenvalue weighted by Gasteiger charge is 2.53. The highest BCUT2D eigenvalue weighted by atomic mass is 32.1. The van der Waals surface area contributed by atoms with E-state index in [9.17, 15) is 4.79 Å². The Morgan fingerprint density at radius 1 is 1.09 bits per heavy atom. The largest absolute Gasteiger partial charge is 0.496 e. The molecule has 35 heavy (non-hydrogen) atoms. The van der Waals surface area contributed by atoms with E-state index in [1.807, 2.05) is 35.7 Å². The Morgan fingerprint density at radius 3 is 2.60 bits per heavy atom.